The Hall–Kier alpha value is -1.98. The summed E-state index contributed by atoms with van der Waals surface area (Å²) in [4.78, 5) is 11.3. The zero-order valence-electron chi connectivity index (χ0n) is 13.3. The Kier molecular flexibility index (Phi) is 6.29. The number of carboxylic acids is 1. The molecule has 0 saturated carbocycles. The molecular weight excluding hydrogens is 351 g/mol. The van der Waals surface area contributed by atoms with Crippen LogP contribution in [0.3, 0.4) is 0 Å². The van der Waals surface area contributed by atoms with Crippen molar-refractivity contribution in [2.24, 2.45) is 0 Å². The van der Waals surface area contributed by atoms with Gasteiger partial charge < -0.3 is 9.84 Å². The van der Waals surface area contributed by atoms with Crippen molar-refractivity contribution in [1.29, 1.82) is 0 Å². The SMILES string of the molecule is C=C(C(=O)O)c1cc(OCCCC)nn1Cc1ccc(Cl)cc1Cl. The third-order valence-electron chi connectivity index (χ3n) is 3.41. The molecule has 1 N–H and O–H groups in total. The van der Waals surface area contributed by atoms with E-state index in [2.05, 4.69) is 18.6 Å². The lowest BCUT2D eigenvalue weighted by Gasteiger charge is -2.09. The standard InChI is InChI=1S/C17H18Cl2N2O3/c1-3-4-7-24-16-9-15(11(2)17(22)23)21(20-16)10-12-5-6-13(18)8-14(12)19/h5-6,8-9H,2-4,7,10H2,1H3,(H,22,23). The largest absolute Gasteiger partial charge is 0.478 e. The Bertz CT molecular complexity index is 756. The van der Waals surface area contributed by atoms with Crippen LogP contribution in [0.1, 0.15) is 31.0 Å². The summed E-state index contributed by atoms with van der Waals surface area (Å²) in [6.07, 6.45) is 1.89. The van der Waals surface area contributed by atoms with Gasteiger partial charge in [0.1, 0.15) is 0 Å². The zero-order valence-corrected chi connectivity index (χ0v) is 14.8. The van der Waals surface area contributed by atoms with E-state index in [0.29, 0.717) is 28.2 Å². The van der Waals surface area contributed by atoms with Crippen molar-refractivity contribution >= 4 is 34.7 Å². The Labute approximate surface area is 150 Å². The first kappa shape index (κ1) is 18.4. The molecule has 0 fully saturated rings. The fourth-order valence-electron chi connectivity index (χ4n) is 2.07. The average Bonchev–Trinajstić information content (AvgIpc) is 2.92. The van der Waals surface area contributed by atoms with Crippen LogP contribution < -0.4 is 4.74 Å². The number of hydrogen-bond acceptors (Lipinski definition) is 3. The van der Waals surface area contributed by atoms with Crippen molar-refractivity contribution in [3.05, 3.63) is 52.1 Å². The first-order valence-corrected chi connectivity index (χ1v) is 8.25. The molecule has 0 amide bonds. The second-order valence-electron chi connectivity index (χ2n) is 5.25. The Morgan fingerprint density at radius 3 is 2.75 bits per heavy atom. The molecule has 1 aromatic heterocycles. The van der Waals surface area contributed by atoms with Crippen LogP contribution in [0.2, 0.25) is 10.0 Å². The molecule has 5 nitrogen and oxygen atoms in total. The van der Waals surface area contributed by atoms with E-state index >= 15 is 0 Å². The molecule has 0 aliphatic heterocycles. The molecule has 24 heavy (non-hydrogen) atoms. The summed E-state index contributed by atoms with van der Waals surface area (Å²) in [5.41, 5.74) is 1.08. The number of unbranched alkanes of at least 4 members (excludes halogenated alkanes) is 1. The number of aliphatic carboxylic acids is 1. The number of ether oxygens (including phenoxy) is 1. The second-order valence-corrected chi connectivity index (χ2v) is 6.09. The Morgan fingerprint density at radius 1 is 1.38 bits per heavy atom. The van der Waals surface area contributed by atoms with Gasteiger partial charge >= 0.3 is 5.97 Å². The van der Waals surface area contributed by atoms with Gasteiger partial charge in [-0.15, -0.1) is 5.10 Å². The normalized spacial score (nSPS) is 10.6. The molecule has 0 aliphatic rings. The summed E-state index contributed by atoms with van der Waals surface area (Å²) in [5, 5.41) is 14.6. The summed E-state index contributed by atoms with van der Waals surface area (Å²) in [7, 11) is 0. The summed E-state index contributed by atoms with van der Waals surface area (Å²) in [6, 6.07) is 6.70. The minimum Gasteiger partial charge on any atom is -0.478 e. The highest BCUT2D eigenvalue weighted by Gasteiger charge is 2.17. The van der Waals surface area contributed by atoms with Gasteiger partial charge in [0.25, 0.3) is 0 Å². The van der Waals surface area contributed by atoms with Crippen LogP contribution in [0.25, 0.3) is 5.57 Å². The van der Waals surface area contributed by atoms with Gasteiger partial charge in [-0.2, -0.15) is 0 Å². The van der Waals surface area contributed by atoms with Crippen molar-refractivity contribution in [3.8, 4) is 5.88 Å². The molecule has 0 atom stereocenters. The van der Waals surface area contributed by atoms with Crippen LogP contribution in [-0.2, 0) is 11.3 Å². The van der Waals surface area contributed by atoms with E-state index in [0.717, 1.165) is 18.4 Å². The van der Waals surface area contributed by atoms with Crippen LogP contribution in [-0.4, -0.2) is 27.5 Å². The van der Waals surface area contributed by atoms with E-state index < -0.39 is 5.97 Å². The molecule has 0 spiro atoms. The molecule has 0 radical (unpaired) electrons. The van der Waals surface area contributed by atoms with E-state index in [-0.39, 0.29) is 12.1 Å². The van der Waals surface area contributed by atoms with E-state index in [4.69, 9.17) is 27.9 Å². The van der Waals surface area contributed by atoms with Gasteiger partial charge in [-0.05, 0) is 24.1 Å². The molecule has 128 valence electrons. The summed E-state index contributed by atoms with van der Waals surface area (Å²) in [6.45, 7) is 6.47. The Morgan fingerprint density at radius 2 is 2.12 bits per heavy atom. The monoisotopic (exact) mass is 368 g/mol. The van der Waals surface area contributed by atoms with Gasteiger partial charge in [-0.3, -0.25) is 4.68 Å². The Balaban J connectivity index is 2.31. The highest BCUT2D eigenvalue weighted by Crippen LogP contribution is 2.25. The maximum absolute atomic E-state index is 11.3. The first-order valence-electron chi connectivity index (χ1n) is 7.49. The third kappa shape index (κ3) is 4.52. The summed E-state index contributed by atoms with van der Waals surface area (Å²) >= 11 is 12.1. The van der Waals surface area contributed by atoms with Crippen molar-refractivity contribution in [2.45, 2.75) is 26.3 Å². The number of aromatic nitrogens is 2. The number of nitrogens with zero attached hydrogens (tertiary/aromatic N) is 2. The van der Waals surface area contributed by atoms with Gasteiger partial charge in [-0.25, -0.2) is 4.79 Å². The van der Waals surface area contributed by atoms with Gasteiger partial charge in [0.15, 0.2) is 0 Å². The van der Waals surface area contributed by atoms with Crippen LogP contribution in [0.5, 0.6) is 5.88 Å². The van der Waals surface area contributed by atoms with Crippen LogP contribution in [0.15, 0.2) is 30.8 Å². The number of rotatable bonds is 8. The lowest BCUT2D eigenvalue weighted by Crippen LogP contribution is -2.09. The van der Waals surface area contributed by atoms with E-state index in [1.807, 2.05) is 0 Å². The maximum Gasteiger partial charge on any atom is 0.337 e. The van der Waals surface area contributed by atoms with Crippen molar-refractivity contribution in [3.63, 3.8) is 0 Å². The van der Waals surface area contributed by atoms with Gasteiger partial charge in [0, 0.05) is 16.1 Å². The minimum absolute atomic E-state index is 0.0575. The molecule has 1 aromatic carbocycles. The predicted molar refractivity (Wildman–Crippen MR) is 94.9 cm³/mol. The molecule has 0 bridgehead atoms. The molecular formula is C17H18Cl2N2O3. The molecule has 0 saturated heterocycles. The minimum atomic E-state index is -1.11. The van der Waals surface area contributed by atoms with Crippen LogP contribution in [0.4, 0.5) is 0 Å². The molecule has 2 aromatic rings. The number of halogens is 2. The van der Waals surface area contributed by atoms with E-state index in [9.17, 15) is 9.90 Å². The summed E-state index contributed by atoms with van der Waals surface area (Å²) in [5.74, 6) is -0.746. The maximum atomic E-state index is 11.3. The molecule has 0 aliphatic carbocycles. The highest BCUT2D eigenvalue weighted by molar-refractivity contribution is 6.35. The second kappa shape index (κ2) is 8.22. The van der Waals surface area contributed by atoms with Crippen molar-refractivity contribution in [1.82, 2.24) is 9.78 Å². The highest BCUT2D eigenvalue weighted by atomic mass is 35.5. The topological polar surface area (TPSA) is 64.3 Å². The molecule has 1 heterocycles. The van der Waals surface area contributed by atoms with Gasteiger partial charge in [0.05, 0.1) is 24.4 Å². The molecule has 2 rings (SSSR count). The molecule has 0 unspecified atom stereocenters. The fourth-order valence-corrected chi connectivity index (χ4v) is 2.54. The number of benzene rings is 1. The quantitative estimate of drug-likeness (QED) is 0.549. The van der Waals surface area contributed by atoms with Crippen LogP contribution >= 0.6 is 23.2 Å². The number of hydrogen-bond donors (Lipinski definition) is 1. The van der Waals surface area contributed by atoms with Crippen molar-refractivity contribution in [2.75, 3.05) is 6.61 Å². The van der Waals surface area contributed by atoms with Crippen LogP contribution in [0, 0.1) is 0 Å². The smallest absolute Gasteiger partial charge is 0.337 e. The number of carbonyl (C=O) groups is 1. The van der Waals surface area contributed by atoms with E-state index in [1.165, 1.54) is 4.68 Å². The fraction of sp³-hybridized carbons (Fsp3) is 0.294. The number of carboxylic acid groups (broad SMARTS) is 1. The average molecular weight is 369 g/mol. The van der Waals surface area contributed by atoms with E-state index in [1.54, 1.807) is 24.3 Å². The zero-order chi connectivity index (χ0) is 17.7. The van der Waals surface area contributed by atoms with Crippen molar-refractivity contribution < 1.29 is 14.6 Å². The van der Waals surface area contributed by atoms with Gasteiger partial charge in [0.2, 0.25) is 5.88 Å². The third-order valence-corrected chi connectivity index (χ3v) is 3.99. The van der Waals surface area contributed by atoms with Gasteiger partial charge in [-0.1, -0.05) is 49.2 Å². The first-order chi connectivity index (χ1) is 11.4. The lowest BCUT2D eigenvalue weighted by atomic mass is 10.2. The lowest BCUT2D eigenvalue weighted by molar-refractivity contribution is -0.130. The molecule has 7 heteroatoms. The summed E-state index contributed by atoms with van der Waals surface area (Å²) < 4.78 is 7.09. The predicted octanol–water partition coefficient (Wildman–Crippen LogP) is 4.51.